The van der Waals surface area contributed by atoms with Crippen LogP contribution in [0.15, 0.2) is 12.1 Å². The van der Waals surface area contributed by atoms with Gasteiger partial charge < -0.3 is 10.1 Å². The van der Waals surface area contributed by atoms with Crippen LogP contribution in [0, 0.1) is 17.5 Å². The fourth-order valence-corrected chi connectivity index (χ4v) is 2.99. The fourth-order valence-electron chi connectivity index (χ4n) is 2.99. The summed E-state index contributed by atoms with van der Waals surface area (Å²) in [7, 11) is 0. The zero-order valence-corrected chi connectivity index (χ0v) is 13.2. The lowest BCUT2D eigenvalue weighted by molar-refractivity contribution is -0.126. The molecule has 0 aliphatic carbocycles. The van der Waals surface area contributed by atoms with Gasteiger partial charge in [-0.15, -0.1) is 0 Å². The molecule has 1 aromatic carbocycles. The first-order chi connectivity index (χ1) is 11.0. The van der Waals surface area contributed by atoms with E-state index in [1.165, 1.54) is 0 Å². The highest BCUT2D eigenvalue weighted by molar-refractivity contribution is 5.77. The molecule has 1 fully saturated rings. The Kier molecular flexibility index (Phi) is 6.01. The molecule has 1 N–H and O–H groups in total. The second-order valence-electron chi connectivity index (χ2n) is 5.47. The van der Waals surface area contributed by atoms with E-state index in [1.54, 1.807) is 6.92 Å². The molecule has 1 aromatic rings. The number of hydrogen-bond donors (Lipinski definition) is 1. The number of hydrogen-bond acceptors (Lipinski definition) is 3. The van der Waals surface area contributed by atoms with Crippen molar-refractivity contribution in [3.8, 4) is 0 Å². The molecule has 4 nitrogen and oxygen atoms in total. The predicted octanol–water partition coefficient (Wildman–Crippen LogP) is 2.39. The van der Waals surface area contributed by atoms with E-state index in [2.05, 4.69) is 5.32 Å². The highest BCUT2D eigenvalue weighted by Gasteiger charge is 2.36. The van der Waals surface area contributed by atoms with E-state index in [-0.39, 0.29) is 18.6 Å². The lowest BCUT2D eigenvalue weighted by atomic mass is 9.99. The number of nitrogens with one attached hydrogen (secondary N) is 1. The summed E-state index contributed by atoms with van der Waals surface area (Å²) in [4.78, 5) is 13.9. The van der Waals surface area contributed by atoms with Crippen LogP contribution in [0.4, 0.5) is 13.2 Å². The van der Waals surface area contributed by atoms with Crippen LogP contribution >= 0.6 is 0 Å². The predicted molar refractivity (Wildman–Crippen MR) is 79.3 cm³/mol. The Morgan fingerprint density at radius 1 is 1.30 bits per heavy atom. The van der Waals surface area contributed by atoms with Gasteiger partial charge in [0.1, 0.15) is 6.61 Å². The summed E-state index contributed by atoms with van der Waals surface area (Å²) in [6.45, 7) is 5.42. The van der Waals surface area contributed by atoms with Gasteiger partial charge >= 0.3 is 0 Å². The summed E-state index contributed by atoms with van der Waals surface area (Å²) in [6.07, 6.45) is 0.650. The minimum absolute atomic E-state index is 0.0576. The normalized spacial score (nSPS) is 21.6. The second kappa shape index (κ2) is 7.79. The third-order valence-corrected chi connectivity index (χ3v) is 4.04. The van der Waals surface area contributed by atoms with Gasteiger partial charge in [0, 0.05) is 19.2 Å². The molecule has 0 aromatic heterocycles. The number of ether oxygens (including phenoxy) is 1. The van der Waals surface area contributed by atoms with Crippen molar-refractivity contribution in [1.29, 1.82) is 0 Å². The molecule has 2 atom stereocenters. The summed E-state index contributed by atoms with van der Waals surface area (Å²) in [5, 5.41) is 2.84. The van der Waals surface area contributed by atoms with E-state index in [9.17, 15) is 18.0 Å². The molecule has 1 aliphatic rings. The number of carbonyl (C=O) groups excluding carboxylic acids is 1. The third kappa shape index (κ3) is 4.03. The highest BCUT2D eigenvalue weighted by atomic mass is 19.2. The highest BCUT2D eigenvalue weighted by Crippen LogP contribution is 2.33. The van der Waals surface area contributed by atoms with Crippen LogP contribution in [-0.2, 0) is 9.53 Å². The van der Waals surface area contributed by atoms with Gasteiger partial charge in [0.2, 0.25) is 5.91 Å². The largest absolute Gasteiger partial charge is 0.372 e. The van der Waals surface area contributed by atoms with Crippen LogP contribution in [0.25, 0.3) is 0 Å². The molecule has 1 aliphatic heterocycles. The van der Waals surface area contributed by atoms with Crippen molar-refractivity contribution >= 4 is 5.91 Å². The SMILES string of the molecule is CCOCC(=O)N[C@H]1CCN(CC)[C@H]1c1cc(F)c(F)c(F)c1. The van der Waals surface area contributed by atoms with Crippen molar-refractivity contribution in [1.82, 2.24) is 10.2 Å². The molecular formula is C16H21F3N2O2. The Labute approximate surface area is 133 Å². The van der Waals surface area contributed by atoms with Gasteiger partial charge in [-0.05, 0) is 37.6 Å². The Balaban J connectivity index is 2.22. The van der Waals surface area contributed by atoms with E-state index in [1.807, 2.05) is 11.8 Å². The molecule has 1 heterocycles. The van der Waals surface area contributed by atoms with Gasteiger partial charge in [0.15, 0.2) is 17.5 Å². The molecule has 2 rings (SSSR count). The number of rotatable bonds is 6. The number of amides is 1. The third-order valence-electron chi connectivity index (χ3n) is 4.04. The summed E-state index contributed by atoms with van der Waals surface area (Å²) in [6, 6.07) is 1.31. The van der Waals surface area contributed by atoms with Gasteiger partial charge in [0.05, 0.1) is 6.04 Å². The van der Waals surface area contributed by atoms with Crippen LogP contribution in [-0.4, -0.2) is 43.2 Å². The van der Waals surface area contributed by atoms with Crippen LogP contribution in [0.3, 0.4) is 0 Å². The lowest BCUT2D eigenvalue weighted by Gasteiger charge is -2.28. The van der Waals surface area contributed by atoms with Crippen LogP contribution in [0.1, 0.15) is 31.9 Å². The van der Waals surface area contributed by atoms with Crippen molar-refractivity contribution in [2.45, 2.75) is 32.4 Å². The van der Waals surface area contributed by atoms with E-state index in [4.69, 9.17) is 4.74 Å². The van der Waals surface area contributed by atoms with Crippen LogP contribution in [0.5, 0.6) is 0 Å². The number of halogens is 3. The van der Waals surface area contributed by atoms with Crippen molar-refractivity contribution in [3.63, 3.8) is 0 Å². The molecule has 1 saturated heterocycles. The molecular weight excluding hydrogens is 309 g/mol. The molecule has 0 radical (unpaired) electrons. The Morgan fingerprint density at radius 2 is 1.96 bits per heavy atom. The average molecular weight is 330 g/mol. The molecule has 0 spiro atoms. The Hall–Kier alpha value is -1.60. The van der Waals surface area contributed by atoms with Gasteiger partial charge in [-0.2, -0.15) is 0 Å². The number of nitrogens with zero attached hydrogens (tertiary/aromatic N) is 1. The van der Waals surface area contributed by atoms with Gasteiger partial charge in [-0.3, -0.25) is 9.69 Å². The topological polar surface area (TPSA) is 41.6 Å². The molecule has 128 valence electrons. The maximum Gasteiger partial charge on any atom is 0.246 e. The first kappa shape index (κ1) is 17.7. The maximum atomic E-state index is 13.5. The van der Waals surface area contributed by atoms with E-state index in [0.29, 0.717) is 31.7 Å². The first-order valence-corrected chi connectivity index (χ1v) is 7.73. The van der Waals surface area contributed by atoms with Crippen LogP contribution in [0.2, 0.25) is 0 Å². The number of likely N-dealkylation sites (tertiary alicyclic amines) is 1. The summed E-state index contributed by atoms with van der Waals surface area (Å²) in [5.74, 6) is -4.20. The van der Waals surface area contributed by atoms with Crippen molar-refractivity contribution < 1.29 is 22.7 Å². The lowest BCUT2D eigenvalue weighted by Crippen LogP contribution is -2.41. The standard InChI is InChI=1S/C16H21F3N2O2/c1-3-21-6-5-13(20-14(22)9-23-4-2)16(21)10-7-11(17)15(19)12(18)8-10/h7-8,13,16H,3-6,9H2,1-2H3,(H,20,22)/t13-,16-/m0/s1. The zero-order valence-electron chi connectivity index (χ0n) is 13.2. The van der Waals surface area contributed by atoms with Crippen LogP contribution < -0.4 is 5.32 Å². The zero-order chi connectivity index (χ0) is 17.0. The maximum absolute atomic E-state index is 13.5. The Bertz CT molecular complexity index is 545. The summed E-state index contributed by atoms with van der Waals surface area (Å²) >= 11 is 0. The number of benzene rings is 1. The number of likely N-dealkylation sites (N-methyl/N-ethyl adjacent to an activating group) is 1. The minimum Gasteiger partial charge on any atom is -0.372 e. The minimum atomic E-state index is -1.48. The van der Waals surface area contributed by atoms with Gasteiger partial charge in [0.25, 0.3) is 0 Å². The summed E-state index contributed by atoms with van der Waals surface area (Å²) in [5.41, 5.74) is 0.322. The summed E-state index contributed by atoms with van der Waals surface area (Å²) < 4.78 is 45.3. The molecule has 23 heavy (non-hydrogen) atoms. The second-order valence-corrected chi connectivity index (χ2v) is 5.47. The van der Waals surface area contributed by atoms with Gasteiger partial charge in [-0.25, -0.2) is 13.2 Å². The number of carbonyl (C=O) groups is 1. The Morgan fingerprint density at radius 3 is 2.52 bits per heavy atom. The first-order valence-electron chi connectivity index (χ1n) is 7.73. The average Bonchev–Trinajstić information content (AvgIpc) is 2.92. The van der Waals surface area contributed by atoms with E-state index in [0.717, 1.165) is 12.1 Å². The monoisotopic (exact) mass is 330 g/mol. The molecule has 0 bridgehead atoms. The smallest absolute Gasteiger partial charge is 0.246 e. The fraction of sp³-hybridized carbons (Fsp3) is 0.562. The van der Waals surface area contributed by atoms with E-state index < -0.39 is 23.5 Å². The van der Waals surface area contributed by atoms with Gasteiger partial charge in [-0.1, -0.05) is 6.92 Å². The quantitative estimate of drug-likeness (QED) is 0.815. The van der Waals surface area contributed by atoms with E-state index >= 15 is 0 Å². The molecule has 0 unspecified atom stereocenters. The molecule has 1 amide bonds. The van der Waals surface area contributed by atoms with Crippen molar-refractivity contribution in [2.75, 3.05) is 26.3 Å². The molecule has 7 heteroatoms. The molecule has 0 saturated carbocycles. The van der Waals surface area contributed by atoms with Crippen molar-refractivity contribution in [2.24, 2.45) is 0 Å². The van der Waals surface area contributed by atoms with Crippen molar-refractivity contribution in [3.05, 3.63) is 35.1 Å².